The minimum absolute atomic E-state index is 0.183. The van der Waals surface area contributed by atoms with Crippen LogP contribution in [0.2, 0.25) is 0 Å². The molecule has 74 valence electrons. The van der Waals surface area contributed by atoms with Crippen LogP contribution in [0.1, 0.15) is 6.42 Å². The molecule has 0 aliphatic carbocycles. The largest absolute Gasteiger partial charge is 0.477 e. The van der Waals surface area contributed by atoms with Crippen molar-refractivity contribution in [3.8, 4) is 5.75 Å². The van der Waals surface area contributed by atoms with E-state index in [-0.39, 0.29) is 5.91 Å². The van der Waals surface area contributed by atoms with Crippen LogP contribution >= 0.6 is 11.6 Å². The molecular weight excluding hydrogens is 204 g/mol. The van der Waals surface area contributed by atoms with Crippen molar-refractivity contribution in [2.75, 3.05) is 11.2 Å². The van der Waals surface area contributed by atoms with Crippen LogP contribution in [-0.2, 0) is 4.79 Å². The number of alkyl halides is 1. The Hall–Kier alpha value is -1.29. The molecule has 1 N–H and O–H groups in total. The van der Waals surface area contributed by atoms with E-state index >= 15 is 0 Å². The minimum Gasteiger partial charge on any atom is -0.477 e. The predicted octanol–water partition coefficient (Wildman–Crippen LogP) is 1.41. The van der Waals surface area contributed by atoms with Crippen molar-refractivity contribution >= 4 is 23.3 Å². The summed E-state index contributed by atoms with van der Waals surface area (Å²) < 4.78 is 5.43. The van der Waals surface area contributed by atoms with Crippen molar-refractivity contribution in [2.24, 2.45) is 0 Å². The molecule has 1 aliphatic heterocycles. The lowest BCUT2D eigenvalue weighted by molar-refractivity contribution is -0.123. The van der Waals surface area contributed by atoms with Crippen LogP contribution < -0.4 is 10.1 Å². The second-order valence-corrected chi connectivity index (χ2v) is 3.30. The topological polar surface area (TPSA) is 51.2 Å². The summed E-state index contributed by atoms with van der Waals surface area (Å²) in [6, 6.07) is 3.52. The Kier molecular flexibility index (Phi) is 2.54. The van der Waals surface area contributed by atoms with Gasteiger partial charge in [0.15, 0.2) is 17.7 Å². The zero-order valence-corrected chi connectivity index (χ0v) is 8.12. The van der Waals surface area contributed by atoms with Gasteiger partial charge in [-0.05, 0) is 12.1 Å². The Morgan fingerprint density at radius 2 is 2.50 bits per heavy atom. The predicted molar refractivity (Wildman–Crippen MR) is 52.6 cm³/mol. The molecule has 4 nitrogen and oxygen atoms in total. The number of aromatic nitrogens is 1. The normalized spacial score (nSPS) is 19.5. The number of hydrogen-bond donors (Lipinski definition) is 1. The first-order chi connectivity index (χ1) is 6.81. The van der Waals surface area contributed by atoms with E-state index in [1.807, 2.05) is 0 Å². The van der Waals surface area contributed by atoms with Crippen LogP contribution in [0.4, 0.5) is 5.82 Å². The molecule has 1 amide bonds. The molecule has 0 unspecified atom stereocenters. The lowest BCUT2D eigenvalue weighted by Crippen LogP contribution is -2.37. The molecule has 0 saturated heterocycles. The first-order valence-corrected chi connectivity index (χ1v) is 4.83. The molecule has 0 fully saturated rings. The van der Waals surface area contributed by atoms with Gasteiger partial charge in [0, 0.05) is 18.5 Å². The van der Waals surface area contributed by atoms with Crippen molar-refractivity contribution in [1.82, 2.24) is 4.98 Å². The van der Waals surface area contributed by atoms with Crippen LogP contribution in [0.25, 0.3) is 0 Å². The lowest BCUT2D eigenvalue weighted by Gasteiger charge is -2.24. The Morgan fingerprint density at radius 3 is 3.29 bits per heavy atom. The van der Waals surface area contributed by atoms with Gasteiger partial charge in [0.05, 0.1) is 0 Å². The number of carbonyl (C=O) groups is 1. The highest BCUT2D eigenvalue weighted by atomic mass is 35.5. The van der Waals surface area contributed by atoms with Crippen molar-refractivity contribution in [1.29, 1.82) is 0 Å². The number of carbonyl (C=O) groups excluding carboxylic acids is 1. The summed E-state index contributed by atoms with van der Waals surface area (Å²) in [4.78, 5) is 15.4. The van der Waals surface area contributed by atoms with E-state index in [9.17, 15) is 4.79 Å². The highest BCUT2D eigenvalue weighted by molar-refractivity contribution is 6.18. The monoisotopic (exact) mass is 212 g/mol. The highest BCUT2D eigenvalue weighted by Crippen LogP contribution is 2.27. The van der Waals surface area contributed by atoms with Crippen molar-refractivity contribution in [3.63, 3.8) is 0 Å². The van der Waals surface area contributed by atoms with Gasteiger partial charge < -0.3 is 10.1 Å². The van der Waals surface area contributed by atoms with Crippen LogP contribution in [0, 0.1) is 0 Å². The fourth-order valence-corrected chi connectivity index (χ4v) is 1.47. The Balaban J connectivity index is 2.22. The molecule has 5 heteroatoms. The van der Waals surface area contributed by atoms with Gasteiger partial charge in [0.2, 0.25) is 0 Å². The summed E-state index contributed by atoms with van der Waals surface area (Å²) >= 11 is 5.55. The highest BCUT2D eigenvalue weighted by Gasteiger charge is 2.27. The van der Waals surface area contributed by atoms with E-state index < -0.39 is 6.10 Å². The standard InChI is InChI=1S/C9H9ClN2O2/c10-4-3-7-9(13)12-8-6(14-7)2-1-5-11-8/h1-2,5,7H,3-4H2,(H,11,12,13)/t7-/m1/s1. The quantitative estimate of drug-likeness (QED) is 0.755. The molecule has 0 saturated carbocycles. The molecular formula is C9H9ClN2O2. The zero-order chi connectivity index (χ0) is 9.97. The molecule has 0 radical (unpaired) electrons. The molecule has 1 aromatic heterocycles. The van der Waals surface area contributed by atoms with Crippen LogP contribution in [-0.4, -0.2) is 22.9 Å². The maximum atomic E-state index is 11.4. The molecule has 14 heavy (non-hydrogen) atoms. The number of fused-ring (bicyclic) bond motifs is 1. The number of nitrogens with one attached hydrogen (secondary N) is 1. The second kappa shape index (κ2) is 3.84. The Bertz CT molecular complexity index is 356. The Morgan fingerprint density at radius 1 is 1.64 bits per heavy atom. The van der Waals surface area contributed by atoms with Crippen molar-refractivity contribution in [3.05, 3.63) is 18.3 Å². The number of hydrogen-bond acceptors (Lipinski definition) is 3. The first-order valence-electron chi connectivity index (χ1n) is 4.30. The van der Waals surface area contributed by atoms with E-state index in [0.29, 0.717) is 23.9 Å². The van der Waals surface area contributed by atoms with Crippen LogP contribution in [0.15, 0.2) is 18.3 Å². The second-order valence-electron chi connectivity index (χ2n) is 2.92. The maximum Gasteiger partial charge on any atom is 0.266 e. The van der Waals surface area contributed by atoms with Gasteiger partial charge in [-0.1, -0.05) is 0 Å². The molecule has 0 spiro atoms. The van der Waals surface area contributed by atoms with Gasteiger partial charge in [-0.3, -0.25) is 4.79 Å². The van der Waals surface area contributed by atoms with Gasteiger partial charge in [0.25, 0.3) is 5.91 Å². The summed E-state index contributed by atoms with van der Waals surface area (Å²) in [7, 11) is 0. The average Bonchev–Trinajstić information content (AvgIpc) is 2.19. The third-order valence-electron chi connectivity index (χ3n) is 1.95. The van der Waals surface area contributed by atoms with Crippen LogP contribution in [0.5, 0.6) is 5.75 Å². The number of amides is 1. The Labute approximate surface area is 86.2 Å². The number of nitrogens with zero attached hydrogens (tertiary/aromatic N) is 1. The number of pyridine rings is 1. The third kappa shape index (κ3) is 1.65. The van der Waals surface area contributed by atoms with Crippen molar-refractivity contribution in [2.45, 2.75) is 12.5 Å². The molecule has 2 rings (SSSR count). The summed E-state index contributed by atoms with van der Waals surface area (Å²) in [6.45, 7) is 0. The summed E-state index contributed by atoms with van der Waals surface area (Å²) in [5.41, 5.74) is 0. The van der Waals surface area contributed by atoms with Gasteiger partial charge in [-0.15, -0.1) is 11.6 Å². The summed E-state index contributed by atoms with van der Waals surface area (Å²) in [6.07, 6.45) is 1.61. The third-order valence-corrected chi connectivity index (χ3v) is 2.16. The molecule has 1 aliphatic rings. The van der Waals surface area contributed by atoms with E-state index in [0.717, 1.165) is 0 Å². The van der Waals surface area contributed by atoms with Crippen molar-refractivity contribution < 1.29 is 9.53 Å². The first kappa shape index (κ1) is 9.27. The SMILES string of the molecule is O=C1Nc2ncccc2O[C@@H]1CCCl. The fourth-order valence-electron chi connectivity index (χ4n) is 1.27. The molecule has 2 heterocycles. The number of rotatable bonds is 2. The van der Waals surface area contributed by atoms with Crippen LogP contribution in [0.3, 0.4) is 0 Å². The summed E-state index contributed by atoms with van der Waals surface area (Å²) in [5.74, 6) is 1.29. The number of anilines is 1. The van der Waals surface area contributed by atoms with Gasteiger partial charge >= 0.3 is 0 Å². The maximum absolute atomic E-state index is 11.4. The molecule has 0 bridgehead atoms. The minimum atomic E-state index is -0.496. The lowest BCUT2D eigenvalue weighted by atomic mass is 10.2. The number of halogens is 1. The molecule has 1 atom stereocenters. The number of ether oxygens (including phenoxy) is 1. The fraction of sp³-hybridized carbons (Fsp3) is 0.333. The summed E-state index contributed by atoms with van der Waals surface area (Å²) in [5, 5.41) is 2.66. The van der Waals surface area contributed by atoms with Gasteiger partial charge in [0.1, 0.15) is 0 Å². The zero-order valence-electron chi connectivity index (χ0n) is 7.37. The van der Waals surface area contributed by atoms with Gasteiger partial charge in [-0.25, -0.2) is 4.98 Å². The van der Waals surface area contributed by atoms with Gasteiger partial charge in [-0.2, -0.15) is 0 Å². The average molecular weight is 213 g/mol. The van der Waals surface area contributed by atoms with E-state index in [1.54, 1.807) is 18.3 Å². The van der Waals surface area contributed by atoms with E-state index in [2.05, 4.69) is 10.3 Å². The molecule has 0 aromatic carbocycles. The molecule has 1 aromatic rings. The van der Waals surface area contributed by atoms with E-state index in [1.165, 1.54) is 0 Å². The smallest absolute Gasteiger partial charge is 0.266 e. The van der Waals surface area contributed by atoms with E-state index in [4.69, 9.17) is 16.3 Å².